The van der Waals surface area contributed by atoms with Gasteiger partial charge in [0.05, 0.1) is 0 Å². The molecular weight excluding hydrogens is 132 g/mol. The van der Waals surface area contributed by atoms with Gasteiger partial charge in [-0.3, -0.25) is 0 Å². The van der Waals surface area contributed by atoms with Gasteiger partial charge in [0.25, 0.3) is 0 Å². The topological polar surface area (TPSA) is 0 Å². The summed E-state index contributed by atoms with van der Waals surface area (Å²) in [5.41, 5.74) is 1.38. The third-order valence-electron chi connectivity index (χ3n) is 1.82. The minimum atomic E-state index is 0.814. The van der Waals surface area contributed by atoms with Crippen molar-refractivity contribution in [3.63, 3.8) is 0 Å². The molecule has 0 heterocycles. The highest BCUT2D eigenvalue weighted by Crippen LogP contribution is 2.08. The lowest BCUT2D eigenvalue weighted by atomic mass is 10.1. The van der Waals surface area contributed by atoms with E-state index in [1.807, 2.05) is 6.08 Å². The fourth-order valence-corrected chi connectivity index (χ4v) is 0.974. The maximum atomic E-state index is 3.76. The van der Waals surface area contributed by atoms with Gasteiger partial charge in [0.15, 0.2) is 0 Å². The molecule has 0 rings (SSSR count). The van der Waals surface area contributed by atoms with Crippen LogP contribution in [0.5, 0.6) is 0 Å². The zero-order chi connectivity index (χ0) is 8.69. The molecule has 0 N–H and O–H groups in total. The normalized spacial score (nSPS) is 12.2. The standard InChI is InChI=1S/C11H20/c1-5-11(6-2)9-7-8-10(3)4/h5,9-10H,1,6-8H2,2-4H3. The first-order valence-electron chi connectivity index (χ1n) is 4.52. The van der Waals surface area contributed by atoms with Crippen LogP contribution in [0.4, 0.5) is 0 Å². The summed E-state index contributed by atoms with van der Waals surface area (Å²) in [6.45, 7) is 10.4. The minimum absolute atomic E-state index is 0.814. The molecule has 0 aliphatic rings. The third-order valence-corrected chi connectivity index (χ3v) is 1.82. The summed E-state index contributed by atoms with van der Waals surface area (Å²) in [5.74, 6) is 0.814. The van der Waals surface area contributed by atoms with E-state index in [4.69, 9.17) is 0 Å². The van der Waals surface area contributed by atoms with Crippen LogP contribution in [-0.2, 0) is 0 Å². The highest BCUT2D eigenvalue weighted by Gasteiger charge is 1.91. The van der Waals surface area contributed by atoms with Crippen molar-refractivity contribution < 1.29 is 0 Å². The summed E-state index contributed by atoms with van der Waals surface area (Å²) in [5, 5.41) is 0. The SMILES string of the molecule is C=CC(=CCCC(C)C)CC. The van der Waals surface area contributed by atoms with Gasteiger partial charge >= 0.3 is 0 Å². The van der Waals surface area contributed by atoms with Crippen LogP contribution in [0.25, 0.3) is 0 Å². The van der Waals surface area contributed by atoms with Crippen molar-refractivity contribution in [2.45, 2.75) is 40.0 Å². The summed E-state index contributed by atoms with van der Waals surface area (Å²) in [6.07, 6.45) is 7.86. The van der Waals surface area contributed by atoms with E-state index in [1.165, 1.54) is 18.4 Å². The summed E-state index contributed by atoms with van der Waals surface area (Å²) < 4.78 is 0. The van der Waals surface area contributed by atoms with Gasteiger partial charge in [-0.05, 0) is 25.2 Å². The average molecular weight is 152 g/mol. The van der Waals surface area contributed by atoms with E-state index >= 15 is 0 Å². The van der Waals surface area contributed by atoms with Crippen molar-refractivity contribution in [2.24, 2.45) is 5.92 Å². The lowest BCUT2D eigenvalue weighted by Gasteiger charge is -2.01. The number of rotatable bonds is 5. The van der Waals surface area contributed by atoms with Crippen LogP contribution in [0.15, 0.2) is 24.3 Å². The van der Waals surface area contributed by atoms with Crippen LogP contribution in [0, 0.1) is 5.92 Å². The molecule has 11 heavy (non-hydrogen) atoms. The van der Waals surface area contributed by atoms with Crippen LogP contribution < -0.4 is 0 Å². The Morgan fingerprint density at radius 2 is 2.09 bits per heavy atom. The van der Waals surface area contributed by atoms with E-state index in [2.05, 4.69) is 33.4 Å². The Kier molecular flexibility index (Phi) is 5.91. The van der Waals surface area contributed by atoms with Crippen LogP contribution in [0.1, 0.15) is 40.0 Å². The zero-order valence-corrected chi connectivity index (χ0v) is 8.06. The monoisotopic (exact) mass is 152 g/mol. The molecule has 0 bridgehead atoms. The molecule has 0 unspecified atom stereocenters. The Morgan fingerprint density at radius 3 is 2.45 bits per heavy atom. The molecule has 0 aromatic rings. The van der Waals surface area contributed by atoms with Crippen molar-refractivity contribution in [2.75, 3.05) is 0 Å². The first kappa shape index (κ1) is 10.5. The van der Waals surface area contributed by atoms with E-state index in [9.17, 15) is 0 Å². The first-order valence-corrected chi connectivity index (χ1v) is 4.52. The molecule has 0 saturated carbocycles. The maximum absolute atomic E-state index is 3.76. The fraction of sp³-hybridized carbons (Fsp3) is 0.636. The molecule has 0 radical (unpaired) electrons. The smallest absolute Gasteiger partial charge is 0.0311 e. The van der Waals surface area contributed by atoms with Gasteiger partial charge in [-0.1, -0.05) is 45.1 Å². The van der Waals surface area contributed by atoms with E-state index < -0.39 is 0 Å². The summed E-state index contributed by atoms with van der Waals surface area (Å²) in [6, 6.07) is 0. The van der Waals surface area contributed by atoms with Gasteiger partial charge in [0, 0.05) is 0 Å². The van der Waals surface area contributed by atoms with Gasteiger partial charge in [-0.25, -0.2) is 0 Å². The van der Waals surface area contributed by atoms with Crippen LogP contribution in [0.3, 0.4) is 0 Å². The lowest BCUT2D eigenvalue weighted by molar-refractivity contribution is 0.593. The van der Waals surface area contributed by atoms with Crippen LogP contribution in [0.2, 0.25) is 0 Å². The summed E-state index contributed by atoms with van der Waals surface area (Å²) >= 11 is 0. The van der Waals surface area contributed by atoms with Crippen LogP contribution >= 0.6 is 0 Å². The number of allylic oxidation sites excluding steroid dienone is 3. The second kappa shape index (κ2) is 6.21. The third kappa shape index (κ3) is 5.90. The van der Waals surface area contributed by atoms with E-state index in [1.54, 1.807) is 0 Å². The Morgan fingerprint density at radius 1 is 1.45 bits per heavy atom. The molecule has 0 atom stereocenters. The molecule has 0 nitrogen and oxygen atoms in total. The van der Waals surface area contributed by atoms with Crippen molar-refractivity contribution in [1.29, 1.82) is 0 Å². The Bertz CT molecular complexity index is 129. The predicted molar refractivity (Wildman–Crippen MR) is 52.6 cm³/mol. The van der Waals surface area contributed by atoms with Crippen molar-refractivity contribution in [1.82, 2.24) is 0 Å². The minimum Gasteiger partial charge on any atom is -0.0988 e. The average Bonchev–Trinajstić information content (AvgIpc) is 1.98. The fourth-order valence-electron chi connectivity index (χ4n) is 0.974. The van der Waals surface area contributed by atoms with E-state index in [0.717, 1.165) is 12.3 Å². The largest absolute Gasteiger partial charge is 0.0988 e. The lowest BCUT2D eigenvalue weighted by Crippen LogP contribution is -1.85. The van der Waals surface area contributed by atoms with Crippen molar-refractivity contribution in [3.05, 3.63) is 24.3 Å². The Labute approximate surface area is 71.0 Å². The summed E-state index contributed by atoms with van der Waals surface area (Å²) in [7, 11) is 0. The number of hydrogen-bond acceptors (Lipinski definition) is 0. The maximum Gasteiger partial charge on any atom is -0.0311 e. The summed E-state index contributed by atoms with van der Waals surface area (Å²) in [4.78, 5) is 0. The molecule has 0 aliphatic carbocycles. The molecule has 0 aromatic carbocycles. The molecule has 0 aliphatic heterocycles. The van der Waals surface area contributed by atoms with Gasteiger partial charge in [-0.2, -0.15) is 0 Å². The zero-order valence-electron chi connectivity index (χ0n) is 8.06. The molecule has 0 saturated heterocycles. The van der Waals surface area contributed by atoms with E-state index in [0.29, 0.717) is 0 Å². The molecular formula is C11H20. The highest BCUT2D eigenvalue weighted by atomic mass is 14.0. The molecule has 64 valence electrons. The van der Waals surface area contributed by atoms with Crippen molar-refractivity contribution >= 4 is 0 Å². The van der Waals surface area contributed by atoms with Crippen molar-refractivity contribution in [3.8, 4) is 0 Å². The second-order valence-electron chi connectivity index (χ2n) is 3.31. The molecule has 0 heteroatoms. The van der Waals surface area contributed by atoms with Gasteiger partial charge in [0.2, 0.25) is 0 Å². The first-order chi connectivity index (χ1) is 5.20. The second-order valence-corrected chi connectivity index (χ2v) is 3.31. The Balaban J connectivity index is 3.61. The molecule has 0 fully saturated rings. The molecule has 0 amide bonds. The van der Waals surface area contributed by atoms with Gasteiger partial charge < -0.3 is 0 Å². The van der Waals surface area contributed by atoms with Gasteiger partial charge in [0.1, 0.15) is 0 Å². The highest BCUT2D eigenvalue weighted by molar-refractivity contribution is 5.14. The van der Waals surface area contributed by atoms with Gasteiger partial charge in [-0.15, -0.1) is 0 Å². The quantitative estimate of drug-likeness (QED) is 0.523. The molecule has 0 spiro atoms. The predicted octanol–water partition coefficient (Wildman–Crippen LogP) is 3.95. The van der Waals surface area contributed by atoms with E-state index in [-0.39, 0.29) is 0 Å². The Hall–Kier alpha value is -0.520. The molecule has 0 aromatic heterocycles. The van der Waals surface area contributed by atoms with Crippen LogP contribution in [-0.4, -0.2) is 0 Å². The number of hydrogen-bond donors (Lipinski definition) is 0.